The summed E-state index contributed by atoms with van der Waals surface area (Å²) in [4.78, 5) is 0. The van der Waals surface area contributed by atoms with Gasteiger partial charge in [-0.3, -0.25) is 0 Å². The Bertz CT molecular complexity index is 1120. The minimum absolute atomic E-state index is 0.107. The summed E-state index contributed by atoms with van der Waals surface area (Å²) in [6.07, 6.45) is 16.9. The fourth-order valence-electron chi connectivity index (χ4n) is 7.18. The van der Waals surface area contributed by atoms with Crippen molar-refractivity contribution in [2.45, 2.75) is 108 Å². The molecule has 1 saturated heterocycles. The van der Waals surface area contributed by atoms with Crippen LogP contribution in [0.3, 0.4) is 0 Å². The van der Waals surface area contributed by atoms with Crippen LogP contribution in [0, 0.1) is 35.1 Å². The lowest BCUT2D eigenvalue weighted by Crippen LogP contribution is -2.33. The monoisotopic (exact) mass is 542 g/mol. The van der Waals surface area contributed by atoms with E-state index in [-0.39, 0.29) is 17.7 Å². The van der Waals surface area contributed by atoms with Crippen LogP contribution < -0.4 is 0 Å². The molecule has 1 aliphatic heterocycles. The molecular formula is C34H42F4O. The molecule has 2 aromatic rings. The number of hydrogen-bond donors (Lipinski definition) is 0. The molecular weight excluding hydrogens is 500 g/mol. The van der Waals surface area contributed by atoms with E-state index in [0.29, 0.717) is 49.0 Å². The number of hydrogen-bond acceptors (Lipinski definition) is 1. The molecule has 0 bridgehead atoms. The predicted molar refractivity (Wildman–Crippen MR) is 149 cm³/mol. The highest BCUT2D eigenvalue weighted by molar-refractivity contribution is 5.67. The Balaban J connectivity index is 1.13. The van der Waals surface area contributed by atoms with E-state index in [1.807, 2.05) is 18.2 Å². The smallest absolute Gasteiger partial charge is 0.194 e. The zero-order valence-corrected chi connectivity index (χ0v) is 23.2. The maximum atomic E-state index is 15.3. The average Bonchev–Trinajstić information content (AvgIpc) is 2.96. The third-order valence-corrected chi connectivity index (χ3v) is 9.64. The van der Waals surface area contributed by atoms with Crippen molar-refractivity contribution in [3.8, 4) is 0 Å². The van der Waals surface area contributed by atoms with Crippen molar-refractivity contribution in [3.63, 3.8) is 0 Å². The van der Waals surface area contributed by atoms with Crippen LogP contribution in [0.5, 0.6) is 0 Å². The second kappa shape index (κ2) is 13.0. The fraction of sp³-hybridized carbons (Fsp3) is 0.588. The molecule has 5 rings (SSSR count). The second-order valence-electron chi connectivity index (χ2n) is 12.2. The van der Waals surface area contributed by atoms with Gasteiger partial charge >= 0.3 is 0 Å². The van der Waals surface area contributed by atoms with Crippen LogP contribution in [0.25, 0.3) is 5.57 Å². The molecule has 2 fully saturated rings. The quantitative estimate of drug-likeness (QED) is 0.183. The number of ether oxygens (including phenoxy) is 1. The predicted octanol–water partition coefficient (Wildman–Crippen LogP) is 10.2. The number of allylic oxidation sites excluding steroid dienone is 2. The Morgan fingerprint density at radius 3 is 2.13 bits per heavy atom. The van der Waals surface area contributed by atoms with Crippen LogP contribution in [-0.2, 0) is 4.74 Å². The highest BCUT2D eigenvalue weighted by Gasteiger charge is 2.32. The Labute approximate surface area is 231 Å². The lowest BCUT2D eigenvalue weighted by Gasteiger charge is -2.38. The molecule has 3 atom stereocenters. The second-order valence-corrected chi connectivity index (χ2v) is 12.2. The van der Waals surface area contributed by atoms with Crippen molar-refractivity contribution in [1.29, 1.82) is 0 Å². The van der Waals surface area contributed by atoms with Crippen LogP contribution in [0.2, 0.25) is 0 Å². The van der Waals surface area contributed by atoms with E-state index in [1.165, 1.54) is 51.4 Å². The molecule has 3 unspecified atom stereocenters. The van der Waals surface area contributed by atoms with Gasteiger partial charge in [0, 0.05) is 11.5 Å². The molecule has 2 aliphatic carbocycles. The third-order valence-electron chi connectivity index (χ3n) is 9.64. The lowest BCUT2D eigenvalue weighted by molar-refractivity contribution is -0.0436. The first kappa shape index (κ1) is 28.4. The van der Waals surface area contributed by atoms with Gasteiger partial charge < -0.3 is 4.74 Å². The first-order chi connectivity index (χ1) is 18.9. The van der Waals surface area contributed by atoms with Gasteiger partial charge in [-0.2, -0.15) is 0 Å². The van der Waals surface area contributed by atoms with Crippen molar-refractivity contribution < 1.29 is 22.3 Å². The molecule has 0 amide bonds. The Morgan fingerprint density at radius 1 is 0.769 bits per heavy atom. The maximum absolute atomic E-state index is 15.3. The van der Waals surface area contributed by atoms with Crippen LogP contribution in [0.1, 0.15) is 119 Å². The standard InChI is InChI=1S/C34H42F4O/c1-2-3-4-5-22-6-8-25(9-7-22)33-17-15-27(21-39-33)26-14-16-29(30(35)18-26)24-12-10-23(11-13-24)28-19-31(36)34(38)32(37)20-28/h12,14,16,18-20,22-23,25,27,33H,2-11,13,15,17,21H2,1H3. The molecule has 1 saturated carbocycles. The van der Waals surface area contributed by atoms with E-state index in [0.717, 1.165) is 42.0 Å². The Kier molecular flexibility index (Phi) is 9.48. The lowest BCUT2D eigenvalue weighted by atomic mass is 9.75. The minimum atomic E-state index is -1.44. The summed E-state index contributed by atoms with van der Waals surface area (Å²) in [6, 6.07) is 7.73. The van der Waals surface area contributed by atoms with E-state index in [9.17, 15) is 13.2 Å². The summed E-state index contributed by atoms with van der Waals surface area (Å²) in [5, 5.41) is 0. The molecule has 1 nitrogen and oxygen atoms in total. The van der Waals surface area contributed by atoms with Crippen molar-refractivity contribution in [2.24, 2.45) is 11.8 Å². The van der Waals surface area contributed by atoms with Crippen LogP contribution in [-0.4, -0.2) is 12.7 Å². The van der Waals surface area contributed by atoms with Gasteiger partial charge in [0.15, 0.2) is 17.5 Å². The van der Waals surface area contributed by atoms with Gasteiger partial charge in [-0.1, -0.05) is 63.7 Å². The van der Waals surface area contributed by atoms with Crippen molar-refractivity contribution in [3.05, 3.63) is 76.4 Å². The highest BCUT2D eigenvalue weighted by atomic mass is 19.2. The molecule has 3 aliphatic rings. The van der Waals surface area contributed by atoms with Crippen LogP contribution in [0.15, 0.2) is 36.4 Å². The van der Waals surface area contributed by atoms with E-state index >= 15 is 4.39 Å². The molecule has 5 heteroatoms. The molecule has 39 heavy (non-hydrogen) atoms. The van der Waals surface area contributed by atoms with E-state index in [2.05, 4.69) is 6.92 Å². The van der Waals surface area contributed by atoms with Gasteiger partial charge in [-0.25, -0.2) is 17.6 Å². The fourth-order valence-corrected chi connectivity index (χ4v) is 7.18. The highest BCUT2D eigenvalue weighted by Crippen LogP contribution is 2.41. The summed E-state index contributed by atoms with van der Waals surface area (Å²) < 4.78 is 62.3. The molecule has 212 valence electrons. The van der Waals surface area contributed by atoms with Crippen LogP contribution in [0.4, 0.5) is 17.6 Å². The zero-order valence-electron chi connectivity index (χ0n) is 23.2. The van der Waals surface area contributed by atoms with Gasteiger partial charge in [0.25, 0.3) is 0 Å². The average molecular weight is 543 g/mol. The van der Waals surface area contributed by atoms with Gasteiger partial charge in [0.1, 0.15) is 5.82 Å². The normalized spacial score (nSPS) is 27.8. The van der Waals surface area contributed by atoms with E-state index in [1.54, 1.807) is 6.07 Å². The number of halogens is 4. The SMILES string of the molecule is CCCCCC1CCC(C2CCC(c3ccc(C4=CCC(c5cc(F)c(F)c(F)c5)CC4)c(F)c3)CO2)CC1. The molecule has 0 radical (unpaired) electrons. The first-order valence-corrected chi connectivity index (χ1v) is 15.2. The van der Waals surface area contributed by atoms with Gasteiger partial charge in [-0.15, -0.1) is 0 Å². The summed E-state index contributed by atoms with van der Waals surface area (Å²) in [7, 11) is 0. The molecule has 1 heterocycles. The van der Waals surface area contributed by atoms with Gasteiger partial charge in [-0.05, 0) is 97.6 Å². The van der Waals surface area contributed by atoms with Crippen molar-refractivity contribution in [2.75, 3.05) is 6.61 Å². The van der Waals surface area contributed by atoms with Gasteiger partial charge in [0.05, 0.1) is 12.7 Å². The Morgan fingerprint density at radius 2 is 1.51 bits per heavy atom. The molecule has 2 aromatic carbocycles. The zero-order chi connectivity index (χ0) is 27.4. The summed E-state index contributed by atoms with van der Waals surface area (Å²) in [5.41, 5.74) is 2.97. The summed E-state index contributed by atoms with van der Waals surface area (Å²) in [6.45, 7) is 2.93. The number of rotatable bonds is 8. The molecule has 0 N–H and O–H groups in total. The van der Waals surface area contributed by atoms with E-state index in [4.69, 9.17) is 4.74 Å². The third kappa shape index (κ3) is 6.78. The summed E-state index contributed by atoms with van der Waals surface area (Å²) >= 11 is 0. The largest absolute Gasteiger partial charge is 0.377 e. The van der Waals surface area contributed by atoms with Crippen molar-refractivity contribution >= 4 is 5.57 Å². The summed E-state index contributed by atoms with van der Waals surface area (Å²) in [5.74, 6) is -2.28. The van der Waals surface area contributed by atoms with E-state index < -0.39 is 17.5 Å². The van der Waals surface area contributed by atoms with Crippen molar-refractivity contribution in [1.82, 2.24) is 0 Å². The van der Waals surface area contributed by atoms with Crippen LogP contribution >= 0.6 is 0 Å². The molecule has 0 aromatic heterocycles. The first-order valence-electron chi connectivity index (χ1n) is 15.2. The minimum Gasteiger partial charge on any atom is -0.377 e. The molecule has 0 spiro atoms. The topological polar surface area (TPSA) is 9.23 Å². The number of unbranched alkanes of at least 4 members (excludes halogenated alkanes) is 2. The maximum Gasteiger partial charge on any atom is 0.194 e. The Hall–Kier alpha value is -2.14. The number of benzene rings is 2. The van der Waals surface area contributed by atoms with Gasteiger partial charge in [0.2, 0.25) is 0 Å².